The molecule has 2 aromatic rings. The summed E-state index contributed by atoms with van der Waals surface area (Å²) in [4.78, 5) is 19.9. The average Bonchev–Trinajstić information content (AvgIpc) is 2.95. The number of carbonyl (C=O) groups excluding carboxylic acids is 1. The average molecular weight is 337 g/mol. The summed E-state index contributed by atoms with van der Waals surface area (Å²) in [6, 6.07) is 7.29. The van der Waals surface area contributed by atoms with E-state index in [0.29, 0.717) is 5.82 Å². The van der Waals surface area contributed by atoms with Gasteiger partial charge < -0.3 is 10.3 Å². The van der Waals surface area contributed by atoms with Gasteiger partial charge in [0.15, 0.2) is 9.84 Å². The van der Waals surface area contributed by atoms with Crippen molar-refractivity contribution in [3.63, 3.8) is 0 Å². The van der Waals surface area contributed by atoms with Crippen LogP contribution in [0.1, 0.15) is 39.1 Å². The smallest absolute Gasteiger partial charge is 0.235 e. The zero-order valence-electron chi connectivity index (χ0n) is 13.7. The summed E-state index contributed by atoms with van der Waals surface area (Å²) in [5.74, 6) is -0.236. The first-order valence-electron chi connectivity index (χ1n) is 7.80. The summed E-state index contributed by atoms with van der Waals surface area (Å²) in [5.41, 5.74) is 1.72. The molecule has 1 amide bonds. The van der Waals surface area contributed by atoms with E-state index >= 15 is 0 Å². The zero-order chi connectivity index (χ0) is 17.0. The van der Waals surface area contributed by atoms with Gasteiger partial charge in [-0.25, -0.2) is 13.4 Å². The highest BCUT2D eigenvalue weighted by Crippen LogP contribution is 2.24. The maximum Gasteiger partial charge on any atom is 0.235 e. The van der Waals surface area contributed by atoms with Gasteiger partial charge in [-0.15, -0.1) is 0 Å². The molecule has 1 aromatic carbocycles. The number of rotatable bonds is 7. The lowest BCUT2D eigenvalue weighted by molar-refractivity contribution is -0.119. The van der Waals surface area contributed by atoms with E-state index in [2.05, 4.69) is 15.3 Å². The first-order chi connectivity index (χ1) is 10.9. The summed E-state index contributed by atoms with van der Waals surface area (Å²) in [6.45, 7) is 5.57. The first kappa shape index (κ1) is 17.5. The van der Waals surface area contributed by atoms with Gasteiger partial charge in [0.1, 0.15) is 11.6 Å². The molecule has 0 radical (unpaired) electrons. The Hall–Kier alpha value is -1.89. The van der Waals surface area contributed by atoms with Crippen LogP contribution >= 0.6 is 0 Å². The standard InChI is InChI=1S/C16H23N3O3S/c1-4-11(3)15(19-14(20)10-23(21,22)5-2)16-17-12-8-6-7-9-13(12)18-16/h6-9,11,15H,4-5,10H2,1-3H3,(H,17,18)(H,19,20)/t11-,15-/m0/s1. The molecule has 0 aliphatic rings. The number of carbonyl (C=O) groups is 1. The lowest BCUT2D eigenvalue weighted by Crippen LogP contribution is -2.37. The van der Waals surface area contributed by atoms with Crippen LogP contribution in [0.25, 0.3) is 11.0 Å². The van der Waals surface area contributed by atoms with Crippen LogP contribution < -0.4 is 5.32 Å². The van der Waals surface area contributed by atoms with Crippen LogP contribution in [-0.4, -0.2) is 35.8 Å². The Bertz CT molecular complexity index is 750. The number of sulfone groups is 1. The number of amides is 1. The number of hydrogen-bond acceptors (Lipinski definition) is 4. The topological polar surface area (TPSA) is 91.9 Å². The predicted octanol–water partition coefficient (Wildman–Crippen LogP) is 2.20. The number of para-hydroxylation sites is 2. The minimum absolute atomic E-state index is 0.0426. The van der Waals surface area contributed by atoms with E-state index in [1.165, 1.54) is 6.92 Å². The molecule has 0 spiro atoms. The van der Waals surface area contributed by atoms with E-state index in [4.69, 9.17) is 0 Å². The molecule has 126 valence electrons. The second kappa shape index (κ2) is 7.12. The number of aromatic nitrogens is 2. The Morgan fingerprint density at radius 1 is 1.30 bits per heavy atom. The number of imidazole rings is 1. The predicted molar refractivity (Wildman–Crippen MR) is 90.8 cm³/mol. The number of hydrogen-bond donors (Lipinski definition) is 2. The highest BCUT2D eigenvalue weighted by molar-refractivity contribution is 7.92. The van der Waals surface area contributed by atoms with Gasteiger partial charge in [-0.05, 0) is 18.1 Å². The van der Waals surface area contributed by atoms with Crippen LogP contribution in [0.4, 0.5) is 0 Å². The summed E-state index contributed by atoms with van der Waals surface area (Å²) in [7, 11) is -3.35. The number of benzene rings is 1. The van der Waals surface area contributed by atoms with Crippen LogP contribution in [0.5, 0.6) is 0 Å². The maximum absolute atomic E-state index is 12.1. The van der Waals surface area contributed by atoms with Gasteiger partial charge in [0.05, 0.1) is 17.1 Å². The normalized spacial score (nSPS) is 14.6. The Labute approximate surface area is 136 Å². The van der Waals surface area contributed by atoms with Gasteiger partial charge in [-0.2, -0.15) is 0 Å². The molecule has 0 fully saturated rings. The van der Waals surface area contributed by atoms with E-state index in [9.17, 15) is 13.2 Å². The van der Waals surface area contributed by atoms with Crippen molar-refractivity contribution < 1.29 is 13.2 Å². The number of nitrogens with one attached hydrogen (secondary N) is 2. The Balaban J connectivity index is 2.25. The second-order valence-electron chi connectivity index (χ2n) is 5.75. The molecule has 0 bridgehead atoms. The molecule has 1 aromatic heterocycles. The van der Waals surface area contributed by atoms with Crippen molar-refractivity contribution in [2.45, 2.75) is 33.2 Å². The number of nitrogens with zero attached hydrogens (tertiary/aromatic N) is 1. The third kappa shape index (κ3) is 4.31. The van der Waals surface area contributed by atoms with Crippen molar-refractivity contribution in [2.24, 2.45) is 5.92 Å². The Kier molecular flexibility index (Phi) is 5.41. The van der Waals surface area contributed by atoms with Gasteiger partial charge in [-0.3, -0.25) is 4.79 Å². The second-order valence-corrected chi connectivity index (χ2v) is 8.10. The molecular weight excluding hydrogens is 314 g/mol. The first-order valence-corrected chi connectivity index (χ1v) is 9.62. The minimum atomic E-state index is -3.35. The van der Waals surface area contributed by atoms with Crippen LogP contribution in [0.15, 0.2) is 24.3 Å². The molecule has 7 heteroatoms. The van der Waals surface area contributed by atoms with E-state index < -0.39 is 21.5 Å². The molecule has 1 heterocycles. The highest BCUT2D eigenvalue weighted by atomic mass is 32.2. The molecule has 0 saturated heterocycles. The number of fused-ring (bicyclic) bond motifs is 1. The van der Waals surface area contributed by atoms with Crippen LogP contribution in [0, 0.1) is 5.92 Å². The quantitative estimate of drug-likeness (QED) is 0.810. The van der Waals surface area contributed by atoms with Gasteiger partial charge in [-0.1, -0.05) is 39.3 Å². The lowest BCUT2D eigenvalue weighted by atomic mass is 9.98. The van der Waals surface area contributed by atoms with Crippen LogP contribution in [0.3, 0.4) is 0 Å². The fourth-order valence-corrected chi connectivity index (χ4v) is 3.04. The third-order valence-electron chi connectivity index (χ3n) is 4.02. The van der Waals surface area contributed by atoms with Gasteiger partial charge >= 0.3 is 0 Å². The molecule has 23 heavy (non-hydrogen) atoms. The van der Waals surface area contributed by atoms with E-state index in [0.717, 1.165) is 17.5 Å². The van der Waals surface area contributed by atoms with Crippen molar-refractivity contribution in [3.05, 3.63) is 30.1 Å². The molecular formula is C16H23N3O3S. The van der Waals surface area contributed by atoms with Crippen molar-refractivity contribution >= 4 is 26.8 Å². The molecule has 0 aliphatic heterocycles. The lowest BCUT2D eigenvalue weighted by Gasteiger charge is -2.22. The monoisotopic (exact) mass is 337 g/mol. The third-order valence-corrected chi connectivity index (χ3v) is 5.60. The number of aromatic amines is 1. The number of H-pyrrole nitrogens is 1. The minimum Gasteiger partial charge on any atom is -0.345 e. The van der Waals surface area contributed by atoms with Crippen molar-refractivity contribution in [3.8, 4) is 0 Å². The SMILES string of the molecule is CC[C@H](C)[C@H](NC(=O)CS(=O)(=O)CC)c1nc2ccccc2[nH]1. The Morgan fingerprint density at radius 2 is 2.00 bits per heavy atom. The fourth-order valence-electron chi connectivity index (χ4n) is 2.35. The summed E-state index contributed by atoms with van der Waals surface area (Å²) in [5, 5.41) is 2.82. The molecule has 2 rings (SSSR count). The van der Waals surface area contributed by atoms with Crippen molar-refractivity contribution in [2.75, 3.05) is 11.5 Å². The summed E-state index contributed by atoms with van der Waals surface area (Å²) >= 11 is 0. The van der Waals surface area contributed by atoms with Gasteiger partial charge in [0.2, 0.25) is 5.91 Å². The van der Waals surface area contributed by atoms with Crippen LogP contribution in [0.2, 0.25) is 0 Å². The Morgan fingerprint density at radius 3 is 2.61 bits per heavy atom. The van der Waals surface area contributed by atoms with Crippen molar-refractivity contribution in [1.82, 2.24) is 15.3 Å². The van der Waals surface area contributed by atoms with E-state index in [1.54, 1.807) is 0 Å². The van der Waals surface area contributed by atoms with Crippen molar-refractivity contribution in [1.29, 1.82) is 0 Å². The summed E-state index contributed by atoms with van der Waals surface area (Å²) in [6.07, 6.45) is 0.836. The molecule has 0 saturated carbocycles. The van der Waals surface area contributed by atoms with Gasteiger partial charge in [0.25, 0.3) is 0 Å². The highest BCUT2D eigenvalue weighted by Gasteiger charge is 2.25. The van der Waals surface area contributed by atoms with Crippen LogP contribution in [-0.2, 0) is 14.6 Å². The molecule has 0 aliphatic carbocycles. The largest absolute Gasteiger partial charge is 0.345 e. The molecule has 2 atom stereocenters. The molecule has 2 N–H and O–H groups in total. The molecule has 0 unspecified atom stereocenters. The zero-order valence-corrected chi connectivity index (χ0v) is 14.5. The van der Waals surface area contributed by atoms with E-state index in [-0.39, 0.29) is 17.7 Å². The summed E-state index contributed by atoms with van der Waals surface area (Å²) < 4.78 is 23.2. The molecule has 6 nitrogen and oxygen atoms in total. The fraction of sp³-hybridized carbons (Fsp3) is 0.500. The van der Waals surface area contributed by atoms with Gasteiger partial charge in [0, 0.05) is 5.75 Å². The van der Waals surface area contributed by atoms with E-state index in [1.807, 2.05) is 38.1 Å². The maximum atomic E-state index is 12.1.